The summed E-state index contributed by atoms with van der Waals surface area (Å²) in [6.45, 7) is 4.18. The van der Waals surface area contributed by atoms with Crippen molar-refractivity contribution in [3.05, 3.63) is 59.2 Å². The molecule has 1 spiro atoms. The molecule has 166 valence electrons. The van der Waals surface area contributed by atoms with Crippen LogP contribution in [0.5, 0.6) is 0 Å². The number of hydrazine groups is 1. The number of aromatic amines is 1. The lowest BCUT2D eigenvalue weighted by Gasteiger charge is -2.41. The maximum atomic E-state index is 13.6. The van der Waals surface area contributed by atoms with Crippen LogP contribution in [0.4, 0.5) is 0 Å². The Balaban J connectivity index is 1.55. The number of hydrogen-bond donors (Lipinski definition) is 2. The molecule has 2 aromatic carbocycles. The van der Waals surface area contributed by atoms with Gasteiger partial charge in [-0.1, -0.05) is 48.9 Å². The van der Waals surface area contributed by atoms with E-state index in [4.69, 9.17) is 11.6 Å². The fourth-order valence-corrected chi connectivity index (χ4v) is 6.67. The van der Waals surface area contributed by atoms with E-state index in [1.165, 1.54) is 0 Å². The van der Waals surface area contributed by atoms with Crippen LogP contribution in [0.15, 0.2) is 48.5 Å². The van der Waals surface area contributed by atoms with Gasteiger partial charge in [0.2, 0.25) is 0 Å². The first-order valence-electron chi connectivity index (χ1n) is 11.1. The molecular weight excluding hydrogens is 442 g/mol. The molecule has 1 saturated heterocycles. The van der Waals surface area contributed by atoms with E-state index in [-0.39, 0.29) is 21.9 Å². The number of hydrogen-bond acceptors (Lipinski definition) is 3. The standard InChI is InChI=1S/C25H26ClN3O2S/c1-15-10-12-25(13-11-15)29(24(31)16(2)32-25)28-23(30)22-21(17-6-4-3-5-7-17)19-14-18(26)8-9-20(19)27-22/h3-9,14-16,27H,10-13H2,1-2H3,(H,28,30). The molecule has 1 aromatic heterocycles. The SMILES string of the molecule is CC1CCC2(CC1)SC(C)C(=O)N2NC(=O)c1[nH]c2ccc(Cl)cc2c1-c1ccccc1. The average molecular weight is 468 g/mol. The summed E-state index contributed by atoms with van der Waals surface area (Å²) >= 11 is 7.96. The highest BCUT2D eigenvalue weighted by molar-refractivity contribution is 8.02. The molecule has 2 heterocycles. The third-order valence-electron chi connectivity index (χ3n) is 6.69. The van der Waals surface area contributed by atoms with Gasteiger partial charge < -0.3 is 4.98 Å². The monoisotopic (exact) mass is 467 g/mol. The zero-order valence-electron chi connectivity index (χ0n) is 18.2. The van der Waals surface area contributed by atoms with Gasteiger partial charge in [-0.2, -0.15) is 0 Å². The van der Waals surface area contributed by atoms with E-state index in [9.17, 15) is 9.59 Å². The van der Waals surface area contributed by atoms with Crippen molar-refractivity contribution >= 4 is 46.1 Å². The number of H-pyrrole nitrogens is 1. The van der Waals surface area contributed by atoms with Crippen molar-refractivity contribution in [2.24, 2.45) is 5.92 Å². The average Bonchev–Trinajstić information content (AvgIpc) is 3.27. The van der Waals surface area contributed by atoms with Crippen LogP contribution in [0.2, 0.25) is 5.02 Å². The number of thioether (sulfide) groups is 1. The van der Waals surface area contributed by atoms with E-state index < -0.39 is 0 Å². The highest BCUT2D eigenvalue weighted by Gasteiger charge is 2.52. The number of carbonyl (C=O) groups excluding carboxylic acids is 2. The van der Waals surface area contributed by atoms with Gasteiger partial charge in [0.25, 0.3) is 11.8 Å². The van der Waals surface area contributed by atoms with Gasteiger partial charge in [0.15, 0.2) is 0 Å². The predicted octanol–water partition coefficient (Wildman–Crippen LogP) is 6.00. The number of nitrogens with zero attached hydrogens (tertiary/aromatic N) is 1. The van der Waals surface area contributed by atoms with Crippen molar-refractivity contribution < 1.29 is 9.59 Å². The molecule has 1 saturated carbocycles. The summed E-state index contributed by atoms with van der Waals surface area (Å²) < 4.78 is 0. The molecule has 2 N–H and O–H groups in total. The molecule has 1 unspecified atom stereocenters. The molecule has 5 nitrogen and oxygen atoms in total. The molecule has 1 aliphatic carbocycles. The second kappa shape index (κ2) is 8.16. The van der Waals surface area contributed by atoms with Gasteiger partial charge in [0.1, 0.15) is 10.6 Å². The normalized spacial score (nSPS) is 25.6. The second-order valence-electron chi connectivity index (χ2n) is 8.93. The minimum atomic E-state index is -0.360. The summed E-state index contributed by atoms with van der Waals surface area (Å²) in [5, 5.41) is 2.95. The van der Waals surface area contributed by atoms with E-state index in [0.29, 0.717) is 16.6 Å². The van der Waals surface area contributed by atoms with E-state index in [1.807, 2.05) is 49.4 Å². The smallest absolute Gasteiger partial charge is 0.286 e. The zero-order chi connectivity index (χ0) is 22.5. The highest BCUT2D eigenvalue weighted by Crippen LogP contribution is 2.50. The van der Waals surface area contributed by atoms with Crippen LogP contribution < -0.4 is 5.43 Å². The molecule has 7 heteroatoms. The van der Waals surface area contributed by atoms with E-state index in [2.05, 4.69) is 17.3 Å². The summed E-state index contributed by atoms with van der Waals surface area (Å²) in [5.74, 6) is 0.309. The summed E-state index contributed by atoms with van der Waals surface area (Å²) in [6.07, 6.45) is 3.89. The van der Waals surface area contributed by atoms with Gasteiger partial charge in [-0.25, -0.2) is 5.01 Å². The Morgan fingerprint density at radius 1 is 1.16 bits per heavy atom. The first-order chi connectivity index (χ1) is 15.4. The molecule has 2 amide bonds. The fourth-order valence-electron chi connectivity index (χ4n) is 4.92. The topological polar surface area (TPSA) is 65.2 Å². The number of nitrogens with one attached hydrogen (secondary N) is 2. The maximum absolute atomic E-state index is 13.6. The lowest BCUT2D eigenvalue weighted by atomic mass is 9.86. The Labute approximate surface area is 196 Å². The van der Waals surface area contributed by atoms with Gasteiger partial charge >= 0.3 is 0 Å². The van der Waals surface area contributed by atoms with Crippen molar-refractivity contribution in [1.29, 1.82) is 0 Å². The number of benzene rings is 2. The van der Waals surface area contributed by atoms with Crippen LogP contribution in [-0.2, 0) is 4.79 Å². The number of halogens is 1. The summed E-state index contributed by atoms with van der Waals surface area (Å²) in [4.78, 5) is 29.6. The Morgan fingerprint density at radius 3 is 2.59 bits per heavy atom. The van der Waals surface area contributed by atoms with Gasteiger partial charge in [-0.05, 0) is 62.3 Å². The van der Waals surface area contributed by atoms with Crippen LogP contribution in [-0.4, -0.2) is 31.9 Å². The zero-order valence-corrected chi connectivity index (χ0v) is 19.7. The third kappa shape index (κ3) is 3.59. The van der Waals surface area contributed by atoms with Gasteiger partial charge in [-0.15, -0.1) is 11.8 Å². The second-order valence-corrected chi connectivity index (χ2v) is 11.1. The van der Waals surface area contributed by atoms with E-state index in [0.717, 1.165) is 47.7 Å². The summed E-state index contributed by atoms with van der Waals surface area (Å²) in [7, 11) is 0. The quantitative estimate of drug-likeness (QED) is 0.496. The molecular formula is C25H26ClN3O2S. The van der Waals surface area contributed by atoms with Crippen LogP contribution >= 0.6 is 23.4 Å². The number of fused-ring (bicyclic) bond motifs is 1. The molecule has 0 bridgehead atoms. The largest absolute Gasteiger partial charge is 0.350 e. The first-order valence-corrected chi connectivity index (χ1v) is 12.3. The van der Waals surface area contributed by atoms with Gasteiger partial charge in [0.05, 0.1) is 5.25 Å². The molecule has 2 aliphatic rings. The maximum Gasteiger partial charge on any atom is 0.286 e. The van der Waals surface area contributed by atoms with Crippen molar-refractivity contribution in [2.45, 2.75) is 49.7 Å². The Kier molecular flexibility index (Phi) is 5.46. The molecule has 1 aliphatic heterocycles. The lowest BCUT2D eigenvalue weighted by Crippen LogP contribution is -2.56. The third-order valence-corrected chi connectivity index (χ3v) is 8.51. The Bertz CT molecular complexity index is 1180. The highest BCUT2D eigenvalue weighted by atomic mass is 35.5. The number of carbonyl (C=O) groups is 2. The molecule has 5 rings (SSSR count). The predicted molar refractivity (Wildman–Crippen MR) is 130 cm³/mol. The van der Waals surface area contributed by atoms with E-state index in [1.54, 1.807) is 22.8 Å². The molecule has 1 atom stereocenters. The Hall–Kier alpha value is -2.44. The lowest BCUT2D eigenvalue weighted by molar-refractivity contribution is -0.135. The van der Waals surface area contributed by atoms with Crippen molar-refractivity contribution in [3.63, 3.8) is 0 Å². The van der Waals surface area contributed by atoms with Crippen LogP contribution in [0.25, 0.3) is 22.0 Å². The minimum absolute atomic E-state index is 0.0293. The first kappa shape index (κ1) is 21.4. The molecule has 2 fully saturated rings. The van der Waals surface area contributed by atoms with Crippen molar-refractivity contribution in [2.75, 3.05) is 0 Å². The van der Waals surface area contributed by atoms with E-state index >= 15 is 0 Å². The van der Waals surface area contributed by atoms with Gasteiger partial charge in [-0.3, -0.25) is 15.0 Å². The molecule has 3 aromatic rings. The molecule has 32 heavy (non-hydrogen) atoms. The van der Waals surface area contributed by atoms with Crippen molar-refractivity contribution in [1.82, 2.24) is 15.4 Å². The number of amides is 2. The number of aromatic nitrogens is 1. The minimum Gasteiger partial charge on any atom is -0.350 e. The summed E-state index contributed by atoms with van der Waals surface area (Å²) in [5.41, 5.74) is 5.97. The van der Waals surface area contributed by atoms with Crippen molar-refractivity contribution in [3.8, 4) is 11.1 Å². The number of rotatable bonds is 3. The van der Waals surface area contributed by atoms with Gasteiger partial charge in [0, 0.05) is 21.5 Å². The molecule has 0 radical (unpaired) electrons. The van der Waals surface area contributed by atoms with Crippen LogP contribution in [0.3, 0.4) is 0 Å². The fraction of sp³-hybridized carbons (Fsp3) is 0.360. The summed E-state index contributed by atoms with van der Waals surface area (Å²) in [6, 6.07) is 15.3. The van der Waals surface area contributed by atoms with Crippen LogP contribution in [0, 0.1) is 5.92 Å². The Morgan fingerprint density at radius 2 is 1.88 bits per heavy atom. The van der Waals surface area contributed by atoms with Crippen LogP contribution in [0.1, 0.15) is 50.0 Å².